The van der Waals surface area contributed by atoms with E-state index in [0.717, 1.165) is 5.39 Å². The van der Waals surface area contributed by atoms with E-state index in [1.807, 2.05) is 19.1 Å². The summed E-state index contributed by atoms with van der Waals surface area (Å²) in [5.74, 6) is -1.28. The summed E-state index contributed by atoms with van der Waals surface area (Å²) in [6, 6.07) is 13.7. The molecule has 0 saturated heterocycles. The van der Waals surface area contributed by atoms with Crippen LogP contribution < -0.4 is 5.32 Å². The minimum absolute atomic E-state index is 0.0262. The molecule has 3 rings (SSSR count). The van der Waals surface area contributed by atoms with Crippen LogP contribution in [0.1, 0.15) is 40.3 Å². The monoisotopic (exact) mass is 395 g/mol. The molecule has 7 heteroatoms. The van der Waals surface area contributed by atoms with Gasteiger partial charge in [0.2, 0.25) is 5.76 Å². The van der Waals surface area contributed by atoms with Gasteiger partial charge < -0.3 is 19.2 Å². The molecule has 1 aromatic heterocycles. The molecule has 29 heavy (non-hydrogen) atoms. The van der Waals surface area contributed by atoms with E-state index >= 15 is 0 Å². The predicted octanol–water partition coefficient (Wildman–Crippen LogP) is 3.97. The Bertz CT molecular complexity index is 1040. The van der Waals surface area contributed by atoms with Gasteiger partial charge in [-0.05, 0) is 44.2 Å². The minimum Gasteiger partial charge on any atom is -0.450 e. The van der Waals surface area contributed by atoms with Crippen molar-refractivity contribution in [3.05, 3.63) is 65.4 Å². The fourth-order valence-corrected chi connectivity index (χ4v) is 2.79. The van der Waals surface area contributed by atoms with Gasteiger partial charge in [-0.3, -0.25) is 9.59 Å². The standard InChI is InChI=1S/C22H21NO6/c1-3-27-12-18-17-6-4-5-7-19(17)29-21(18)22(26)28-13-20(25)23-16-10-8-15(9-11-16)14(2)24/h4-11H,3,12-13H2,1-2H3,(H,23,25). The molecule has 0 spiro atoms. The number of hydrogen-bond donors (Lipinski definition) is 1. The number of esters is 1. The van der Waals surface area contributed by atoms with Gasteiger partial charge in [-0.15, -0.1) is 0 Å². The number of anilines is 1. The molecule has 1 N–H and O–H groups in total. The van der Waals surface area contributed by atoms with Crippen molar-refractivity contribution in [2.45, 2.75) is 20.5 Å². The zero-order valence-electron chi connectivity index (χ0n) is 16.2. The molecule has 0 fully saturated rings. The third-order valence-electron chi connectivity index (χ3n) is 4.24. The molecular weight excluding hydrogens is 374 g/mol. The molecule has 1 heterocycles. The number of ketones is 1. The largest absolute Gasteiger partial charge is 0.450 e. The van der Waals surface area contributed by atoms with E-state index in [9.17, 15) is 14.4 Å². The van der Waals surface area contributed by atoms with Crippen molar-refractivity contribution in [1.29, 1.82) is 0 Å². The third-order valence-corrected chi connectivity index (χ3v) is 4.24. The Kier molecular flexibility index (Phi) is 6.41. The quantitative estimate of drug-likeness (QED) is 0.458. The number of hydrogen-bond acceptors (Lipinski definition) is 6. The number of amides is 1. The SMILES string of the molecule is CCOCc1c(C(=O)OCC(=O)Nc2ccc(C(C)=O)cc2)oc2ccccc12. The molecule has 7 nitrogen and oxygen atoms in total. The van der Waals surface area contributed by atoms with E-state index in [0.29, 0.717) is 29.0 Å². The summed E-state index contributed by atoms with van der Waals surface area (Å²) in [4.78, 5) is 35.9. The Morgan fingerprint density at radius 1 is 1.03 bits per heavy atom. The van der Waals surface area contributed by atoms with Crippen LogP contribution in [0.15, 0.2) is 52.9 Å². The van der Waals surface area contributed by atoms with Crippen LogP contribution in [0, 0.1) is 0 Å². The maximum atomic E-state index is 12.5. The van der Waals surface area contributed by atoms with Gasteiger partial charge in [0.15, 0.2) is 12.4 Å². The summed E-state index contributed by atoms with van der Waals surface area (Å²) < 4.78 is 16.2. The Balaban J connectivity index is 1.65. The van der Waals surface area contributed by atoms with Gasteiger partial charge >= 0.3 is 5.97 Å². The summed E-state index contributed by atoms with van der Waals surface area (Å²) in [5.41, 5.74) is 2.18. The molecule has 1 amide bonds. The van der Waals surface area contributed by atoms with Crippen molar-refractivity contribution in [1.82, 2.24) is 0 Å². The average Bonchev–Trinajstić information content (AvgIpc) is 3.09. The number of Topliss-reactive ketones (excluding diaryl/α,β-unsaturated/α-hetero) is 1. The number of rotatable bonds is 8. The highest BCUT2D eigenvalue weighted by molar-refractivity contribution is 5.99. The van der Waals surface area contributed by atoms with Crippen LogP contribution in [0.5, 0.6) is 0 Å². The van der Waals surface area contributed by atoms with Crippen molar-refractivity contribution in [2.75, 3.05) is 18.5 Å². The lowest BCUT2D eigenvalue weighted by Crippen LogP contribution is -2.21. The molecule has 0 atom stereocenters. The van der Waals surface area contributed by atoms with Crippen LogP contribution in [0.4, 0.5) is 5.69 Å². The summed E-state index contributed by atoms with van der Waals surface area (Å²) in [5, 5.41) is 3.37. The summed E-state index contributed by atoms with van der Waals surface area (Å²) in [6.07, 6.45) is 0. The zero-order chi connectivity index (χ0) is 20.8. The fraction of sp³-hybridized carbons (Fsp3) is 0.227. The molecule has 0 radical (unpaired) electrons. The van der Waals surface area contributed by atoms with Crippen LogP contribution in [0.25, 0.3) is 11.0 Å². The number of fused-ring (bicyclic) bond motifs is 1. The normalized spacial score (nSPS) is 10.7. The van der Waals surface area contributed by atoms with E-state index < -0.39 is 18.5 Å². The maximum absolute atomic E-state index is 12.5. The first-order valence-corrected chi connectivity index (χ1v) is 9.15. The van der Waals surface area contributed by atoms with Crippen molar-refractivity contribution in [3.63, 3.8) is 0 Å². The molecule has 0 aliphatic heterocycles. The van der Waals surface area contributed by atoms with Gasteiger partial charge in [-0.2, -0.15) is 0 Å². The number of carbonyl (C=O) groups is 3. The van der Waals surface area contributed by atoms with E-state index in [4.69, 9.17) is 13.9 Å². The molecular formula is C22H21NO6. The molecule has 0 aliphatic carbocycles. The lowest BCUT2D eigenvalue weighted by molar-refractivity contribution is -0.119. The topological polar surface area (TPSA) is 94.8 Å². The van der Waals surface area contributed by atoms with E-state index in [-0.39, 0.29) is 18.2 Å². The second-order valence-corrected chi connectivity index (χ2v) is 6.30. The van der Waals surface area contributed by atoms with E-state index in [2.05, 4.69) is 5.32 Å². The number of benzene rings is 2. The highest BCUT2D eigenvalue weighted by Crippen LogP contribution is 2.27. The van der Waals surface area contributed by atoms with Gasteiger partial charge in [0.25, 0.3) is 5.91 Å². The first-order chi connectivity index (χ1) is 14.0. The van der Waals surface area contributed by atoms with Crippen LogP contribution in [-0.4, -0.2) is 30.9 Å². The fourth-order valence-electron chi connectivity index (χ4n) is 2.79. The van der Waals surface area contributed by atoms with Crippen molar-refractivity contribution in [2.24, 2.45) is 0 Å². The Labute approximate surface area is 167 Å². The molecule has 2 aromatic carbocycles. The van der Waals surface area contributed by atoms with Crippen LogP contribution >= 0.6 is 0 Å². The van der Waals surface area contributed by atoms with Gasteiger partial charge in [0.1, 0.15) is 5.58 Å². The highest BCUT2D eigenvalue weighted by atomic mass is 16.5. The first kappa shape index (κ1) is 20.3. The summed E-state index contributed by atoms with van der Waals surface area (Å²) in [6.45, 7) is 3.53. The lowest BCUT2D eigenvalue weighted by Gasteiger charge is -2.07. The zero-order valence-corrected chi connectivity index (χ0v) is 16.2. The molecule has 0 unspecified atom stereocenters. The smallest absolute Gasteiger partial charge is 0.375 e. The second-order valence-electron chi connectivity index (χ2n) is 6.30. The van der Waals surface area contributed by atoms with Crippen LogP contribution in [-0.2, 0) is 20.9 Å². The number of carbonyl (C=O) groups excluding carboxylic acids is 3. The molecule has 0 saturated carbocycles. The maximum Gasteiger partial charge on any atom is 0.375 e. The molecule has 3 aromatic rings. The average molecular weight is 395 g/mol. The number of ether oxygens (including phenoxy) is 2. The Morgan fingerprint density at radius 3 is 2.45 bits per heavy atom. The molecule has 0 bridgehead atoms. The summed E-state index contributed by atoms with van der Waals surface area (Å²) in [7, 11) is 0. The highest BCUT2D eigenvalue weighted by Gasteiger charge is 2.22. The van der Waals surface area contributed by atoms with Crippen molar-refractivity contribution >= 4 is 34.3 Å². The van der Waals surface area contributed by atoms with Crippen LogP contribution in [0.2, 0.25) is 0 Å². The van der Waals surface area contributed by atoms with Gasteiger partial charge in [-0.1, -0.05) is 18.2 Å². The van der Waals surface area contributed by atoms with Crippen LogP contribution in [0.3, 0.4) is 0 Å². The Hall–Kier alpha value is -3.45. The van der Waals surface area contributed by atoms with Gasteiger partial charge in [-0.25, -0.2) is 4.79 Å². The minimum atomic E-state index is -0.738. The van der Waals surface area contributed by atoms with E-state index in [1.54, 1.807) is 36.4 Å². The molecule has 150 valence electrons. The van der Waals surface area contributed by atoms with Crippen molar-refractivity contribution < 1.29 is 28.3 Å². The summed E-state index contributed by atoms with van der Waals surface area (Å²) >= 11 is 0. The number of para-hydroxylation sites is 1. The number of furan rings is 1. The first-order valence-electron chi connectivity index (χ1n) is 9.15. The van der Waals surface area contributed by atoms with Crippen molar-refractivity contribution in [3.8, 4) is 0 Å². The lowest BCUT2D eigenvalue weighted by atomic mass is 10.1. The Morgan fingerprint density at radius 2 is 1.76 bits per heavy atom. The third kappa shape index (κ3) is 4.89. The number of nitrogens with one attached hydrogen (secondary N) is 1. The predicted molar refractivity (Wildman–Crippen MR) is 107 cm³/mol. The van der Waals surface area contributed by atoms with Gasteiger partial charge in [0.05, 0.1) is 6.61 Å². The van der Waals surface area contributed by atoms with E-state index in [1.165, 1.54) is 6.92 Å². The second kappa shape index (κ2) is 9.16. The molecule has 0 aliphatic rings. The van der Waals surface area contributed by atoms with Gasteiger partial charge in [0, 0.05) is 28.8 Å².